The summed E-state index contributed by atoms with van der Waals surface area (Å²) in [5.74, 6) is 0. The Bertz CT molecular complexity index is 699. The van der Waals surface area contributed by atoms with E-state index >= 15 is 0 Å². The molecule has 0 amide bonds. The van der Waals surface area contributed by atoms with Gasteiger partial charge in [0.25, 0.3) is 0 Å². The molecule has 1 heteroatoms. The van der Waals surface area contributed by atoms with Crippen molar-refractivity contribution in [3.8, 4) is 0 Å². The maximum Gasteiger partial charge on any atom is 0.137 e. The summed E-state index contributed by atoms with van der Waals surface area (Å²) in [7, 11) is 0. The maximum atomic E-state index is 3.57. The van der Waals surface area contributed by atoms with Gasteiger partial charge in [-0.1, -0.05) is 36.4 Å². The lowest BCUT2D eigenvalue weighted by Crippen LogP contribution is -1.89. The van der Waals surface area contributed by atoms with Crippen molar-refractivity contribution >= 4 is 17.3 Å². The molecule has 0 heterocycles. The second-order valence-corrected chi connectivity index (χ2v) is 5.84. The van der Waals surface area contributed by atoms with Gasteiger partial charge in [-0.15, -0.1) is 11.8 Å². The smallest absolute Gasteiger partial charge is 0.128 e. The molecule has 0 saturated heterocycles. The molecule has 3 rings (SSSR count). The van der Waals surface area contributed by atoms with Crippen molar-refractivity contribution in [2.45, 2.75) is 4.90 Å². The Hall–Kier alpha value is -2.34. The average molecular weight is 301 g/mol. The molecule has 3 aromatic carbocycles. The van der Waals surface area contributed by atoms with E-state index in [0.717, 1.165) is 11.1 Å². The summed E-state index contributed by atoms with van der Waals surface area (Å²) in [5, 5.41) is 0. The van der Waals surface area contributed by atoms with Crippen LogP contribution in [-0.4, -0.2) is 6.26 Å². The van der Waals surface area contributed by atoms with Crippen LogP contribution < -0.4 is 0 Å². The zero-order valence-corrected chi connectivity index (χ0v) is 13.3. The summed E-state index contributed by atoms with van der Waals surface area (Å²) in [4.78, 5) is 1.27. The van der Waals surface area contributed by atoms with Crippen molar-refractivity contribution < 1.29 is 0 Å². The van der Waals surface area contributed by atoms with Gasteiger partial charge < -0.3 is 0 Å². The Morgan fingerprint density at radius 2 is 1.18 bits per heavy atom. The molecule has 0 spiro atoms. The van der Waals surface area contributed by atoms with Crippen LogP contribution in [0.3, 0.4) is 0 Å². The predicted octanol–water partition coefficient (Wildman–Crippen LogP) is 5.69. The van der Waals surface area contributed by atoms with Crippen molar-refractivity contribution in [1.29, 1.82) is 0 Å². The lowest BCUT2D eigenvalue weighted by atomic mass is 9.96. The van der Waals surface area contributed by atoms with Crippen molar-refractivity contribution in [3.63, 3.8) is 0 Å². The molecule has 0 aliphatic rings. The van der Waals surface area contributed by atoms with Gasteiger partial charge in [0.2, 0.25) is 0 Å². The van der Waals surface area contributed by atoms with E-state index in [9.17, 15) is 0 Å². The molecule has 0 aliphatic carbocycles. The van der Waals surface area contributed by atoms with Crippen LogP contribution in [0, 0.1) is 6.08 Å². The van der Waals surface area contributed by atoms with Gasteiger partial charge in [0.05, 0.1) is 11.1 Å². The van der Waals surface area contributed by atoms with Crippen LogP contribution in [0.2, 0.25) is 0 Å². The number of benzene rings is 3. The Labute approximate surface area is 136 Å². The third kappa shape index (κ3) is 3.46. The summed E-state index contributed by atoms with van der Waals surface area (Å²) in [5.41, 5.74) is 4.59. The minimum atomic E-state index is 1.10. The summed E-state index contributed by atoms with van der Waals surface area (Å²) in [6, 6.07) is 29.4. The Morgan fingerprint density at radius 1 is 0.682 bits per heavy atom. The molecule has 3 aromatic rings. The molecule has 22 heavy (non-hydrogen) atoms. The second kappa shape index (κ2) is 7.09. The fourth-order valence-corrected chi connectivity index (χ4v) is 2.75. The Balaban J connectivity index is 2.06. The number of hydrogen-bond donors (Lipinski definition) is 0. The van der Waals surface area contributed by atoms with Gasteiger partial charge in [-0.3, -0.25) is 0 Å². The third-order valence-electron chi connectivity index (χ3n) is 3.48. The average Bonchev–Trinajstić information content (AvgIpc) is 2.62. The minimum absolute atomic E-state index is 1.10. The summed E-state index contributed by atoms with van der Waals surface area (Å²) in [6.07, 6.45) is 5.66. The maximum absolute atomic E-state index is 3.57. The van der Waals surface area contributed by atoms with E-state index in [1.165, 1.54) is 16.0 Å². The molecule has 0 N–H and O–H groups in total. The lowest BCUT2D eigenvalue weighted by molar-refractivity contribution is 1.42. The van der Waals surface area contributed by atoms with E-state index in [4.69, 9.17) is 0 Å². The molecular formula is C21H17S+. The molecule has 0 aliphatic heterocycles. The number of thioether (sulfide) groups is 1. The first kappa shape index (κ1) is 14.6. The van der Waals surface area contributed by atoms with Gasteiger partial charge in [0.1, 0.15) is 11.1 Å². The van der Waals surface area contributed by atoms with Crippen molar-refractivity contribution in [2.24, 2.45) is 0 Å². The lowest BCUT2D eigenvalue weighted by Gasteiger charge is -2.01. The fourth-order valence-electron chi connectivity index (χ4n) is 2.34. The first-order valence-electron chi connectivity index (χ1n) is 7.26. The van der Waals surface area contributed by atoms with Crippen LogP contribution >= 0.6 is 11.8 Å². The number of hydrogen-bond acceptors (Lipinski definition) is 1. The van der Waals surface area contributed by atoms with Crippen LogP contribution in [0.1, 0.15) is 16.7 Å². The van der Waals surface area contributed by atoms with Gasteiger partial charge in [0, 0.05) is 23.1 Å². The van der Waals surface area contributed by atoms with Gasteiger partial charge in [0.15, 0.2) is 0 Å². The molecular weight excluding hydrogens is 284 g/mol. The first-order chi connectivity index (χ1) is 10.9. The molecule has 0 saturated carbocycles. The van der Waals surface area contributed by atoms with Crippen LogP contribution in [0.4, 0.5) is 0 Å². The summed E-state index contributed by atoms with van der Waals surface area (Å²) >= 11 is 1.75. The molecule has 0 radical (unpaired) electrons. The molecule has 0 nitrogen and oxygen atoms in total. The van der Waals surface area contributed by atoms with Crippen molar-refractivity contribution in [3.05, 3.63) is 108 Å². The molecule has 0 atom stereocenters. The van der Waals surface area contributed by atoms with Crippen molar-refractivity contribution in [2.75, 3.05) is 6.26 Å². The summed E-state index contributed by atoms with van der Waals surface area (Å²) < 4.78 is 0. The van der Waals surface area contributed by atoms with Gasteiger partial charge in [-0.2, -0.15) is 0 Å². The van der Waals surface area contributed by atoms with Gasteiger partial charge in [-0.05, 0) is 42.7 Å². The largest absolute Gasteiger partial charge is 0.137 e. The monoisotopic (exact) mass is 301 g/mol. The highest BCUT2D eigenvalue weighted by Gasteiger charge is 2.12. The van der Waals surface area contributed by atoms with Gasteiger partial charge in [-0.25, -0.2) is 0 Å². The normalized spacial score (nSPS) is 10.0. The molecule has 0 bridgehead atoms. The highest BCUT2D eigenvalue weighted by molar-refractivity contribution is 7.98. The highest BCUT2D eigenvalue weighted by Crippen LogP contribution is 2.25. The van der Waals surface area contributed by atoms with Crippen LogP contribution in [0.5, 0.6) is 0 Å². The van der Waals surface area contributed by atoms with Gasteiger partial charge >= 0.3 is 0 Å². The van der Waals surface area contributed by atoms with Crippen LogP contribution in [-0.2, 0) is 0 Å². The second-order valence-electron chi connectivity index (χ2n) is 4.96. The molecule has 0 aromatic heterocycles. The SMILES string of the molecule is CSc1ccc([C+]=C(c2ccccc2)c2ccccc2)cc1. The fraction of sp³-hybridized carbons (Fsp3) is 0.0476. The first-order valence-corrected chi connectivity index (χ1v) is 8.48. The van der Waals surface area contributed by atoms with E-state index in [-0.39, 0.29) is 0 Å². The molecule has 106 valence electrons. The number of rotatable bonds is 4. The van der Waals surface area contributed by atoms with Crippen molar-refractivity contribution in [1.82, 2.24) is 0 Å². The molecule has 0 fully saturated rings. The third-order valence-corrected chi connectivity index (χ3v) is 4.23. The van der Waals surface area contributed by atoms with E-state index in [1.807, 2.05) is 12.1 Å². The molecule has 0 unspecified atom stereocenters. The minimum Gasteiger partial charge on any atom is -0.128 e. The standard InChI is InChI=1S/C21H17S/c1-22-20-14-12-17(13-15-20)16-21(18-8-4-2-5-9-18)19-10-6-3-7-11-19/h2-15H,1H3/q+1. The zero-order chi connectivity index (χ0) is 15.2. The van der Waals surface area contributed by atoms with E-state index in [0.29, 0.717) is 0 Å². The van der Waals surface area contributed by atoms with Crippen LogP contribution in [0.25, 0.3) is 5.57 Å². The van der Waals surface area contributed by atoms with E-state index in [2.05, 4.69) is 85.1 Å². The van der Waals surface area contributed by atoms with Crippen LogP contribution in [0.15, 0.2) is 89.8 Å². The zero-order valence-electron chi connectivity index (χ0n) is 12.5. The Kier molecular flexibility index (Phi) is 4.70. The van der Waals surface area contributed by atoms with E-state index in [1.54, 1.807) is 11.8 Å². The van der Waals surface area contributed by atoms with E-state index < -0.39 is 0 Å². The topological polar surface area (TPSA) is 0 Å². The Morgan fingerprint density at radius 3 is 1.64 bits per heavy atom. The highest BCUT2D eigenvalue weighted by atomic mass is 32.2. The summed E-state index contributed by atoms with van der Waals surface area (Å²) in [6.45, 7) is 0. The quantitative estimate of drug-likeness (QED) is 0.339. The predicted molar refractivity (Wildman–Crippen MR) is 96.0 cm³/mol.